The van der Waals surface area contributed by atoms with Gasteiger partial charge in [0.15, 0.2) is 11.6 Å². The van der Waals surface area contributed by atoms with E-state index < -0.39 is 0 Å². The molecule has 2 aromatic carbocycles. The van der Waals surface area contributed by atoms with Gasteiger partial charge in [-0.05, 0) is 18.6 Å². The van der Waals surface area contributed by atoms with Crippen LogP contribution in [0.3, 0.4) is 0 Å². The molecule has 5 heteroatoms. The number of benzene rings is 2. The van der Waals surface area contributed by atoms with Gasteiger partial charge in [-0.25, -0.2) is 0 Å². The van der Waals surface area contributed by atoms with Crippen LogP contribution in [0.5, 0.6) is 0 Å². The Morgan fingerprint density at radius 3 is 2.48 bits per heavy atom. The second-order valence-electron chi connectivity index (χ2n) is 8.62. The van der Waals surface area contributed by atoms with E-state index in [4.69, 9.17) is 0 Å². The normalized spacial score (nSPS) is 20.8. The lowest BCUT2D eigenvalue weighted by molar-refractivity contribution is -0.122. The number of aromatic nitrogens is 1. The van der Waals surface area contributed by atoms with Gasteiger partial charge in [0, 0.05) is 61.1 Å². The summed E-state index contributed by atoms with van der Waals surface area (Å²) in [5.41, 5.74) is 3.46. The smallest absolute Gasteiger partial charge is 0.193 e. The van der Waals surface area contributed by atoms with Gasteiger partial charge >= 0.3 is 0 Å². The predicted molar refractivity (Wildman–Crippen MR) is 119 cm³/mol. The van der Waals surface area contributed by atoms with E-state index in [9.17, 15) is 14.4 Å². The summed E-state index contributed by atoms with van der Waals surface area (Å²) in [6, 6.07) is 17.7. The van der Waals surface area contributed by atoms with E-state index in [1.165, 1.54) is 0 Å². The van der Waals surface area contributed by atoms with Crippen molar-refractivity contribution in [1.82, 2.24) is 9.47 Å². The maximum absolute atomic E-state index is 13.8. The molecule has 0 fully saturated rings. The maximum atomic E-state index is 13.8. The fourth-order valence-electron chi connectivity index (χ4n) is 5.13. The quantitative estimate of drug-likeness (QED) is 0.650. The topological polar surface area (TPSA) is 59.4 Å². The number of fused-ring (bicyclic) bond motifs is 4. The Morgan fingerprint density at radius 2 is 1.74 bits per heavy atom. The monoisotopic (exact) mass is 412 g/mol. The first-order valence-corrected chi connectivity index (χ1v) is 10.6. The highest BCUT2D eigenvalue weighted by Crippen LogP contribution is 2.40. The third-order valence-corrected chi connectivity index (χ3v) is 6.56. The zero-order valence-electron chi connectivity index (χ0n) is 17.7. The summed E-state index contributed by atoms with van der Waals surface area (Å²) in [6.07, 6.45) is 2.01. The molecule has 1 aromatic heterocycles. The standard InChI is InChI=1S/C26H24N2O3/c1-16(29)20-14-27(2)15-21-19(20)12-23(30)25-24(26(21)31)18-10-6-7-11-22(18)28(25)13-17-8-4-3-5-9-17/h3-11,15,19-20H,12-14H2,1-2H3. The molecule has 156 valence electrons. The summed E-state index contributed by atoms with van der Waals surface area (Å²) in [5, 5.41) is 0.793. The summed E-state index contributed by atoms with van der Waals surface area (Å²) in [4.78, 5) is 41.7. The van der Waals surface area contributed by atoms with Gasteiger partial charge in [0.05, 0.1) is 11.3 Å². The van der Waals surface area contributed by atoms with E-state index in [-0.39, 0.29) is 35.6 Å². The van der Waals surface area contributed by atoms with Crippen molar-refractivity contribution in [2.45, 2.75) is 19.9 Å². The molecule has 0 spiro atoms. The average molecular weight is 412 g/mol. The Balaban J connectivity index is 1.74. The second kappa shape index (κ2) is 7.34. The van der Waals surface area contributed by atoms with Crippen molar-refractivity contribution in [3.63, 3.8) is 0 Å². The first-order chi connectivity index (χ1) is 15.0. The molecular formula is C26H24N2O3. The zero-order chi connectivity index (χ0) is 21.7. The molecule has 0 amide bonds. The highest BCUT2D eigenvalue weighted by molar-refractivity contribution is 6.24. The minimum atomic E-state index is -0.370. The van der Waals surface area contributed by atoms with Crippen molar-refractivity contribution in [3.8, 4) is 0 Å². The van der Waals surface area contributed by atoms with Gasteiger partial charge in [-0.15, -0.1) is 0 Å². The second-order valence-corrected chi connectivity index (χ2v) is 8.62. The van der Waals surface area contributed by atoms with E-state index in [0.29, 0.717) is 29.9 Å². The van der Waals surface area contributed by atoms with Crippen LogP contribution in [0, 0.1) is 11.8 Å². The molecule has 31 heavy (non-hydrogen) atoms. The first-order valence-electron chi connectivity index (χ1n) is 10.6. The molecule has 5 rings (SSSR count). The molecule has 2 heterocycles. The number of rotatable bonds is 3. The van der Waals surface area contributed by atoms with Crippen LogP contribution in [0.2, 0.25) is 0 Å². The number of carbonyl (C=O) groups excluding carboxylic acids is 3. The van der Waals surface area contributed by atoms with Crippen LogP contribution in [0.4, 0.5) is 0 Å². The number of allylic oxidation sites excluding steroid dienone is 1. The summed E-state index contributed by atoms with van der Waals surface area (Å²) in [7, 11) is 1.87. The van der Waals surface area contributed by atoms with E-state index >= 15 is 0 Å². The van der Waals surface area contributed by atoms with Crippen LogP contribution in [-0.4, -0.2) is 40.4 Å². The largest absolute Gasteiger partial charge is 0.379 e. The molecule has 0 bridgehead atoms. The van der Waals surface area contributed by atoms with Crippen molar-refractivity contribution in [3.05, 3.63) is 83.2 Å². The third-order valence-electron chi connectivity index (χ3n) is 6.56. The number of ketones is 3. The highest BCUT2D eigenvalue weighted by atomic mass is 16.1. The molecule has 2 aliphatic rings. The van der Waals surface area contributed by atoms with Crippen LogP contribution in [0.15, 0.2) is 66.4 Å². The van der Waals surface area contributed by atoms with Gasteiger partial charge in [0.25, 0.3) is 0 Å². The fraction of sp³-hybridized carbons (Fsp3) is 0.269. The molecule has 2 unspecified atom stereocenters. The molecule has 0 radical (unpaired) electrons. The van der Waals surface area contributed by atoms with Crippen LogP contribution in [0.25, 0.3) is 10.9 Å². The van der Waals surface area contributed by atoms with Gasteiger partial charge < -0.3 is 9.47 Å². The van der Waals surface area contributed by atoms with Gasteiger partial charge in [0.1, 0.15) is 5.78 Å². The highest BCUT2D eigenvalue weighted by Gasteiger charge is 2.43. The molecule has 5 nitrogen and oxygen atoms in total. The summed E-state index contributed by atoms with van der Waals surface area (Å²) in [5.74, 6) is -0.904. The molecule has 2 atom stereocenters. The number of carbonyl (C=O) groups is 3. The number of nitrogens with zero attached hydrogens (tertiary/aromatic N) is 2. The zero-order valence-corrected chi connectivity index (χ0v) is 17.7. The van der Waals surface area contributed by atoms with Crippen molar-refractivity contribution < 1.29 is 14.4 Å². The molecule has 1 aliphatic carbocycles. The Kier molecular flexibility index (Phi) is 4.62. The minimum Gasteiger partial charge on any atom is -0.379 e. The SMILES string of the molecule is CC(=O)C1CN(C)C=C2C(=O)c3c(n(Cc4ccccc4)c4ccccc34)C(=O)CC21. The molecule has 0 N–H and O–H groups in total. The number of Topliss-reactive ketones (excluding diaryl/α,β-unsaturated/α-hetero) is 3. The van der Waals surface area contributed by atoms with Crippen LogP contribution < -0.4 is 0 Å². The summed E-state index contributed by atoms with van der Waals surface area (Å²) >= 11 is 0. The fourth-order valence-corrected chi connectivity index (χ4v) is 5.13. The predicted octanol–water partition coefficient (Wildman–Crippen LogP) is 4.11. The average Bonchev–Trinajstić information content (AvgIpc) is 3.03. The van der Waals surface area contributed by atoms with Crippen molar-refractivity contribution in [2.24, 2.45) is 11.8 Å². The number of para-hydroxylation sites is 1. The molecule has 0 saturated heterocycles. The van der Waals surface area contributed by atoms with E-state index in [1.807, 2.05) is 77.3 Å². The lowest BCUT2D eigenvalue weighted by Crippen LogP contribution is -2.39. The van der Waals surface area contributed by atoms with Crippen molar-refractivity contribution in [1.29, 1.82) is 0 Å². The van der Waals surface area contributed by atoms with Crippen molar-refractivity contribution >= 4 is 28.3 Å². The van der Waals surface area contributed by atoms with Crippen LogP contribution >= 0.6 is 0 Å². The molecule has 0 saturated carbocycles. The Labute approximate surface area is 181 Å². The van der Waals surface area contributed by atoms with Crippen LogP contribution in [-0.2, 0) is 11.3 Å². The number of hydrogen-bond acceptors (Lipinski definition) is 4. The van der Waals surface area contributed by atoms with E-state index in [0.717, 1.165) is 16.5 Å². The van der Waals surface area contributed by atoms with E-state index in [2.05, 4.69) is 0 Å². The van der Waals surface area contributed by atoms with Gasteiger partial charge in [-0.3, -0.25) is 14.4 Å². The van der Waals surface area contributed by atoms with Crippen LogP contribution in [0.1, 0.15) is 39.8 Å². The van der Waals surface area contributed by atoms with Gasteiger partial charge in [-0.1, -0.05) is 48.5 Å². The van der Waals surface area contributed by atoms with Gasteiger partial charge in [0.2, 0.25) is 0 Å². The molecule has 3 aromatic rings. The third kappa shape index (κ3) is 3.12. The summed E-state index contributed by atoms with van der Waals surface area (Å²) < 4.78 is 1.98. The molecular weight excluding hydrogens is 388 g/mol. The first kappa shape index (κ1) is 19.5. The number of hydrogen-bond donors (Lipinski definition) is 0. The minimum absolute atomic E-state index is 0.0200. The van der Waals surface area contributed by atoms with E-state index in [1.54, 1.807) is 6.92 Å². The Morgan fingerprint density at radius 1 is 1.03 bits per heavy atom. The maximum Gasteiger partial charge on any atom is 0.193 e. The Bertz CT molecular complexity index is 1250. The lowest BCUT2D eigenvalue weighted by atomic mass is 9.77. The van der Waals surface area contributed by atoms with Crippen molar-refractivity contribution in [2.75, 3.05) is 13.6 Å². The molecule has 1 aliphatic heterocycles. The van der Waals surface area contributed by atoms with Gasteiger partial charge in [-0.2, -0.15) is 0 Å². The Hall–Kier alpha value is -3.47. The summed E-state index contributed by atoms with van der Waals surface area (Å²) in [6.45, 7) is 2.59. The lowest BCUT2D eigenvalue weighted by Gasteiger charge is -2.34.